The molecule has 2 heterocycles. The van der Waals surface area contributed by atoms with Gasteiger partial charge in [-0.1, -0.05) is 60.7 Å². The van der Waals surface area contributed by atoms with E-state index in [0.717, 1.165) is 42.7 Å². The zero-order chi connectivity index (χ0) is 17.8. The molecular formula is C22H24N4. The maximum absolute atomic E-state index is 4.88. The fraction of sp³-hybridized carbons (Fsp3) is 0.273. The largest absolute Gasteiger partial charge is 0.355 e. The van der Waals surface area contributed by atoms with Gasteiger partial charge < -0.3 is 9.80 Å². The molecule has 1 aromatic heterocycles. The van der Waals surface area contributed by atoms with Gasteiger partial charge in [0.05, 0.1) is 5.69 Å². The summed E-state index contributed by atoms with van der Waals surface area (Å²) in [5, 5.41) is 0. The summed E-state index contributed by atoms with van der Waals surface area (Å²) in [4.78, 5) is 14.2. The van der Waals surface area contributed by atoms with E-state index in [1.54, 1.807) is 0 Å². The van der Waals surface area contributed by atoms with Crippen LogP contribution in [0.15, 0.2) is 66.7 Å². The Hall–Kier alpha value is -2.88. The van der Waals surface area contributed by atoms with Gasteiger partial charge in [0.2, 0.25) is 5.95 Å². The predicted octanol–water partition coefficient (Wildman–Crippen LogP) is 4.38. The van der Waals surface area contributed by atoms with E-state index < -0.39 is 0 Å². The van der Waals surface area contributed by atoms with Gasteiger partial charge in [0.1, 0.15) is 5.82 Å². The van der Waals surface area contributed by atoms with E-state index in [-0.39, 0.29) is 0 Å². The molecule has 0 bridgehead atoms. The third-order valence-corrected chi connectivity index (χ3v) is 4.81. The topological polar surface area (TPSA) is 32.3 Å². The van der Waals surface area contributed by atoms with Crippen molar-refractivity contribution < 1.29 is 0 Å². The molecule has 0 spiro atoms. The number of hydrogen-bond donors (Lipinski definition) is 0. The van der Waals surface area contributed by atoms with Gasteiger partial charge >= 0.3 is 0 Å². The van der Waals surface area contributed by atoms with E-state index in [4.69, 9.17) is 9.97 Å². The monoisotopic (exact) mass is 344 g/mol. The summed E-state index contributed by atoms with van der Waals surface area (Å²) in [5.74, 6) is 1.81. The Morgan fingerprint density at radius 2 is 1.54 bits per heavy atom. The Labute approximate surface area is 155 Å². The molecule has 26 heavy (non-hydrogen) atoms. The number of aromatic nitrogens is 2. The highest BCUT2D eigenvalue weighted by molar-refractivity contribution is 5.65. The summed E-state index contributed by atoms with van der Waals surface area (Å²) in [6, 6.07) is 23.0. The highest BCUT2D eigenvalue weighted by Crippen LogP contribution is 2.26. The van der Waals surface area contributed by atoms with Crippen LogP contribution in [-0.2, 0) is 6.54 Å². The first-order valence-electron chi connectivity index (χ1n) is 9.24. The van der Waals surface area contributed by atoms with Gasteiger partial charge in [0.25, 0.3) is 0 Å². The summed E-state index contributed by atoms with van der Waals surface area (Å²) < 4.78 is 0. The van der Waals surface area contributed by atoms with Gasteiger partial charge in [0.15, 0.2) is 0 Å². The fourth-order valence-electron chi connectivity index (χ4n) is 3.37. The lowest BCUT2D eigenvalue weighted by Crippen LogP contribution is -2.23. The van der Waals surface area contributed by atoms with E-state index in [9.17, 15) is 0 Å². The normalized spacial score (nSPS) is 13.8. The van der Waals surface area contributed by atoms with Crippen molar-refractivity contribution in [1.82, 2.24) is 9.97 Å². The van der Waals surface area contributed by atoms with Crippen molar-refractivity contribution in [2.45, 2.75) is 19.4 Å². The van der Waals surface area contributed by atoms with Gasteiger partial charge in [-0.15, -0.1) is 0 Å². The third-order valence-electron chi connectivity index (χ3n) is 4.81. The lowest BCUT2D eigenvalue weighted by molar-refractivity contribution is 0.859. The van der Waals surface area contributed by atoms with Crippen LogP contribution in [0.1, 0.15) is 18.4 Å². The average molecular weight is 344 g/mol. The van der Waals surface area contributed by atoms with Crippen LogP contribution in [0, 0.1) is 0 Å². The lowest BCUT2D eigenvalue weighted by atomic mass is 10.1. The Balaban J connectivity index is 1.69. The van der Waals surface area contributed by atoms with E-state index >= 15 is 0 Å². The number of anilines is 2. The third kappa shape index (κ3) is 3.69. The van der Waals surface area contributed by atoms with Crippen LogP contribution in [0.3, 0.4) is 0 Å². The SMILES string of the molecule is CN(Cc1ccccc1)c1cc(-c2ccccc2)nc(N2CCCC2)n1. The summed E-state index contributed by atoms with van der Waals surface area (Å²) in [6.07, 6.45) is 2.43. The van der Waals surface area contributed by atoms with Crippen molar-refractivity contribution in [3.8, 4) is 11.3 Å². The van der Waals surface area contributed by atoms with E-state index in [0.29, 0.717) is 0 Å². The van der Waals surface area contributed by atoms with Gasteiger partial charge in [-0.3, -0.25) is 0 Å². The highest BCUT2D eigenvalue weighted by Gasteiger charge is 2.18. The Morgan fingerprint density at radius 1 is 0.885 bits per heavy atom. The minimum atomic E-state index is 0.825. The molecular weight excluding hydrogens is 320 g/mol. The number of nitrogens with zero attached hydrogens (tertiary/aromatic N) is 4. The molecule has 4 rings (SSSR count). The molecule has 4 nitrogen and oxygen atoms in total. The second kappa shape index (κ2) is 7.56. The zero-order valence-electron chi connectivity index (χ0n) is 15.2. The second-order valence-electron chi connectivity index (χ2n) is 6.81. The van der Waals surface area contributed by atoms with E-state index in [2.05, 4.69) is 71.4 Å². The smallest absolute Gasteiger partial charge is 0.227 e. The average Bonchev–Trinajstić information content (AvgIpc) is 3.24. The number of rotatable bonds is 5. The van der Waals surface area contributed by atoms with Crippen LogP contribution in [0.25, 0.3) is 11.3 Å². The molecule has 0 amide bonds. The molecule has 132 valence electrons. The van der Waals surface area contributed by atoms with Crippen molar-refractivity contribution in [2.75, 3.05) is 29.9 Å². The predicted molar refractivity (Wildman–Crippen MR) is 107 cm³/mol. The molecule has 3 aromatic rings. The van der Waals surface area contributed by atoms with Gasteiger partial charge in [-0.25, -0.2) is 4.98 Å². The van der Waals surface area contributed by atoms with Crippen LogP contribution in [0.4, 0.5) is 11.8 Å². The van der Waals surface area contributed by atoms with Crippen molar-refractivity contribution in [1.29, 1.82) is 0 Å². The van der Waals surface area contributed by atoms with Crippen molar-refractivity contribution in [3.63, 3.8) is 0 Å². The van der Waals surface area contributed by atoms with Gasteiger partial charge in [-0.2, -0.15) is 4.98 Å². The molecule has 1 saturated heterocycles. The zero-order valence-corrected chi connectivity index (χ0v) is 15.2. The summed E-state index contributed by atoms with van der Waals surface area (Å²) in [5.41, 5.74) is 3.39. The highest BCUT2D eigenvalue weighted by atomic mass is 15.3. The maximum Gasteiger partial charge on any atom is 0.227 e. The summed E-state index contributed by atoms with van der Waals surface area (Å²) in [6.45, 7) is 2.91. The Bertz CT molecular complexity index is 843. The quantitative estimate of drug-likeness (QED) is 0.687. The summed E-state index contributed by atoms with van der Waals surface area (Å²) in [7, 11) is 2.10. The standard InChI is InChI=1S/C22H24N4/c1-25(17-18-10-4-2-5-11-18)21-16-20(19-12-6-3-7-13-19)23-22(24-21)26-14-8-9-15-26/h2-7,10-13,16H,8-9,14-15,17H2,1H3. The van der Waals surface area contributed by atoms with Crippen LogP contribution in [-0.4, -0.2) is 30.1 Å². The second-order valence-corrected chi connectivity index (χ2v) is 6.81. The van der Waals surface area contributed by atoms with E-state index in [1.807, 2.05) is 12.1 Å². The first-order chi connectivity index (χ1) is 12.8. The van der Waals surface area contributed by atoms with Crippen LogP contribution < -0.4 is 9.80 Å². The molecule has 0 N–H and O–H groups in total. The number of hydrogen-bond acceptors (Lipinski definition) is 4. The van der Waals surface area contributed by atoms with Crippen LogP contribution >= 0.6 is 0 Å². The van der Waals surface area contributed by atoms with Crippen molar-refractivity contribution in [3.05, 3.63) is 72.3 Å². The fourth-order valence-corrected chi connectivity index (χ4v) is 3.37. The Morgan fingerprint density at radius 3 is 2.23 bits per heavy atom. The molecule has 4 heteroatoms. The lowest BCUT2D eigenvalue weighted by Gasteiger charge is -2.22. The van der Waals surface area contributed by atoms with Crippen LogP contribution in [0.5, 0.6) is 0 Å². The molecule has 0 saturated carbocycles. The molecule has 0 atom stereocenters. The van der Waals surface area contributed by atoms with Crippen molar-refractivity contribution >= 4 is 11.8 Å². The summed E-state index contributed by atoms with van der Waals surface area (Å²) >= 11 is 0. The molecule has 1 fully saturated rings. The van der Waals surface area contributed by atoms with Gasteiger partial charge in [0, 0.05) is 38.3 Å². The maximum atomic E-state index is 4.88. The molecule has 1 aliphatic rings. The van der Waals surface area contributed by atoms with E-state index in [1.165, 1.54) is 18.4 Å². The van der Waals surface area contributed by atoms with Crippen molar-refractivity contribution in [2.24, 2.45) is 0 Å². The molecule has 1 aliphatic heterocycles. The minimum absolute atomic E-state index is 0.825. The first kappa shape index (κ1) is 16.6. The Kier molecular flexibility index (Phi) is 4.82. The molecule has 2 aromatic carbocycles. The molecule has 0 aliphatic carbocycles. The molecule has 0 unspecified atom stereocenters. The van der Waals surface area contributed by atoms with Crippen LogP contribution in [0.2, 0.25) is 0 Å². The van der Waals surface area contributed by atoms with Gasteiger partial charge in [-0.05, 0) is 18.4 Å². The number of benzene rings is 2. The first-order valence-corrected chi connectivity index (χ1v) is 9.24. The molecule has 0 radical (unpaired) electrons. The minimum Gasteiger partial charge on any atom is -0.355 e.